The number of nitrogens with zero attached hydrogens (tertiary/aromatic N) is 1. The highest BCUT2D eigenvalue weighted by Crippen LogP contribution is 2.29. The number of aryl methyl sites for hydroxylation is 1. The largest absolute Gasteiger partial charge is 0.508 e. The molecule has 1 heterocycles. The number of aromatic nitrogens is 1. The smallest absolute Gasteiger partial charge is 0.471 e. The van der Waals surface area contributed by atoms with E-state index in [1.165, 1.54) is 6.07 Å². The Bertz CT molecular complexity index is 653. The van der Waals surface area contributed by atoms with Crippen molar-refractivity contribution < 1.29 is 23.1 Å². The number of aromatic hydroxyl groups is 1. The molecule has 0 atom stereocenters. The summed E-state index contributed by atoms with van der Waals surface area (Å²) in [6.07, 6.45) is -5.00. The summed E-state index contributed by atoms with van der Waals surface area (Å²) in [7, 11) is 0. The predicted molar refractivity (Wildman–Crippen MR) is 62.8 cm³/mol. The van der Waals surface area contributed by atoms with Crippen molar-refractivity contribution in [3.8, 4) is 5.75 Å². The van der Waals surface area contributed by atoms with Crippen LogP contribution < -0.4 is 5.32 Å². The van der Waals surface area contributed by atoms with Gasteiger partial charge in [-0.3, -0.25) is 9.78 Å². The molecule has 2 N–H and O–H groups in total. The molecule has 0 saturated heterocycles. The molecule has 1 aromatic heterocycles. The van der Waals surface area contributed by atoms with Crippen LogP contribution in [0.5, 0.6) is 5.75 Å². The topological polar surface area (TPSA) is 62.2 Å². The molecule has 0 radical (unpaired) electrons. The zero-order valence-corrected chi connectivity index (χ0v) is 9.75. The maximum Gasteiger partial charge on any atom is 0.471 e. The van der Waals surface area contributed by atoms with Crippen molar-refractivity contribution in [2.24, 2.45) is 0 Å². The number of alkyl halides is 3. The first-order valence-corrected chi connectivity index (χ1v) is 5.26. The molecule has 0 saturated carbocycles. The van der Waals surface area contributed by atoms with Gasteiger partial charge in [0, 0.05) is 17.1 Å². The van der Waals surface area contributed by atoms with Crippen molar-refractivity contribution >= 4 is 22.5 Å². The molecule has 7 heteroatoms. The Kier molecular flexibility index (Phi) is 3.05. The van der Waals surface area contributed by atoms with Crippen molar-refractivity contribution in [1.29, 1.82) is 0 Å². The van der Waals surface area contributed by atoms with E-state index in [4.69, 9.17) is 0 Å². The maximum absolute atomic E-state index is 12.2. The fraction of sp³-hybridized carbons (Fsp3) is 0.167. The summed E-state index contributed by atoms with van der Waals surface area (Å²) in [5.74, 6) is -2.36. The fourth-order valence-corrected chi connectivity index (χ4v) is 1.61. The van der Waals surface area contributed by atoms with Gasteiger partial charge in [-0.2, -0.15) is 13.2 Å². The van der Waals surface area contributed by atoms with Gasteiger partial charge in [0.05, 0.1) is 11.2 Å². The molecule has 0 aliphatic heterocycles. The molecule has 2 rings (SSSR count). The lowest BCUT2D eigenvalue weighted by Crippen LogP contribution is -2.30. The summed E-state index contributed by atoms with van der Waals surface area (Å²) >= 11 is 0. The van der Waals surface area contributed by atoms with Gasteiger partial charge in [0.25, 0.3) is 0 Å². The molecule has 0 bridgehead atoms. The highest BCUT2D eigenvalue weighted by atomic mass is 19.4. The van der Waals surface area contributed by atoms with Gasteiger partial charge in [-0.05, 0) is 19.1 Å². The van der Waals surface area contributed by atoms with Crippen LogP contribution in [-0.2, 0) is 4.79 Å². The summed E-state index contributed by atoms with van der Waals surface area (Å²) in [5, 5.41) is 11.6. The van der Waals surface area contributed by atoms with Gasteiger partial charge in [0.15, 0.2) is 0 Å². The van der Waals surface area contributed by atoms with E-state index in [-0.39, 0.29) is 17.0 Å². The average Bonchev–Trinajstić information content (AvgIpc) is 2.28. The van der Waals surface area contributed by atoms with Gasteiger partial charge in [-0.25, -0.2) is 0 Å². The number of pyridine rings is 1. The molecule has 1 amide bonds. The quantitative estimate of drug-likeness (QED) is 0.837. The highest BCUT2D eigenvalue weighted by Gasteiger charge is 2.39. The maximum atomic E-state index is 12.2. The molecule has 0 spiro atoms. The van der Waals surface area contributed by atoms with E-state index in [1.807, 2.05) is 0 Å². The minimum Gasteiger partial charge on any atom is -0.508 e. The summed E-state index contributed by atoms with van der Waals surface area (Å²) in [4.78, 5) is 15.0. The normalized spacial score (nSPS) is 11.6. The van der Waals surface area contributed by atoms with Gasteiger partial charge < -0.3 is 10.4 Å². The van der Waals surface area contributed by atoms with E-state index < -0.39 is 12.1 Å². The van der Waals surface area contributed by atoms with Crippen molar-refractivity contribution in [2.45, 2.75) is 13.1 Å². The van der Waals surface area contributed by atoms with Crippen LogP contribution in [0.3, 0.4) is 0 Å². The van der Waals surface area contributed by atoms with Crippen LogP contribution in [0, 0.1) is 6.92 Å². The second kappa shape index (κ2) is 4.42. The van der Waals surface area contributed by atoms with E-state index in [1.54, 1.807) is 24.4 Å². The predicted octanol–water partition coefficient (Wildman–Crippen LogP) is 2.75. The summed E-state index contributed by atoms with van der Waals surface area (Å²) in [6, 6.07) is 5.63. The Balaban J connectivity index is 2.53. The van der Waals surface area contributed by atoms with Gasteiger partial charge in [0.2, 0.25) is 0 Å². The number of amides is 1. The lowest BCUT2D eigenvalue weighted by atomic mass is 10.1. The number of fused-ring (bicyclic) bond motifs is 1. The Morgan fingerprint density at radius 1 is 1.32 bits per heavy atom. The standard InChI is InChI=1S/C12H9F3N2O2/c1-6-2-3-7-4-8(18)5-9(10(7)16-6)17-11(19)12(13,14)15/h2-5,18H,1H3,(H,17,19). The van der Waals surface area contributed by atoms with Crippen LogP contribution in [0.15, 0.2) is 24.3 Å². The van der Waals surface area contributed by atoms with Gasteiger partial charge in [-0.1, -0.05) is 6.07 Å². The molecule has 4 nitrogen and oxygen atoms in total. The van der Waals surface area contributed by atoms with E-state index in [9.17, 15) is 23.1 Å². The number of hydrogen-bond acceptors (Lipinski definition) is 3. The van der Waals surface area contributed by atoms with Gasteiger partial charge in [0.1, 0.15) is 5.75 Å². The first-order chi connectivity index (χ1) is 8.77. The molecule has 2 aromatic rings. The first kappa shape index (κ1) is 13.1. The zero-order chi connectivity index (χ0) is 14.2. The third-order valence-electron chi connectivity index (χ3n) is 2.42. The van der Waals surface area contributed by atoms with E-state index >= 15 is 0 Å². The Labute approximate surface area is 105 Å². The number of carbonyl (C=O) groups is 1. The SMILES string of the molecule is Cc1ccc2cc(O)cc(NC(=O)C(F)(F)F)c2n1. The lowest BCUT2D eigenvalue weighted by molar-refractivity contribution is -0.167. The number of phenolic OH excluding ortho intramolecular Hbond substituents is 1. The highest BCUT2D eigenvalue weighted by molar-refractivity contribution is 6.03. The third-order valence-corrected chi connectivity index (χ3v) is 2.42. The summed E-state index contributed by atoms with van der Waals surface area (Å²) in [6.45, 7) is 1.67. The van der Waals surface area contributed by atoms with Crippen LogP contribution in [0.4, 0.5) is 18.9 Å². The zero-order valence-electron chi connectivity index (χ0n) is 9.75. The van der Waals surface area contributed by atoms with Crippen molar-refractivity contribution in [1.82, 2.24) is 4.98 Å². The van der Waals surface area contributed by atoms with E-state index in [0.29, 0.717) is 11.1 Å². The number of benzene rings is 1. The second-order valence-electron chi connectivity index (χ2n) is 3.97. The number of anilines is 1. The molecule has 0 unspecified atom stereocenters. The molecule has 19 heavy (non-hydrogen) atoms. The van der Waals surface area contributed by atoms with Crippen LogP contribution in [0.1, 0.15) is 5.69 Å². The third kappa shape index (κ3) is 2.75. The number of halogens is 3. The minimum atomic E-state index is -5.00. The lowest BCUT2D eigenvalue weighted by Gasteiger charge is -2.11. The molecule has 100 valence electrons. The first-order valence-electron chi connectivity index (χ1n) is 5.26. The second-order valence-corrected chi connectivity index (χ2v) is 3.97. The molecule has 0 fully saturated rings. The summed E-state index contributed by atoms with van der Waals surface area (Å²) < 4.78 is 36.7. The molecule has 1 aromatic carbocycles. The van der Waals surface area contributed by atoms with Crippen LogP contribution in [0.2, 0.25) is 0 Å². The molecular weight excluding hydrogens is 261 g/mol. The Morgan fingerprint density at radius 2 is 2.00 bits per heavy atom. The molecule has 0 aliphatic rings. The number of phenols is 1. The summed E-state index contributed by atoms with van der Waals surface area (Å²) in [5.41, 5.74) is 0.595. The number of nitrogens with one attached hydrogen (secondary N) is 1. The van der Waals surface area contributed by atoms with Crippen molar-refractivity contribution in [3.05, 3.63) is 30.0 Å². The van der Waals surface area contributed by atoms with Gasteiger partial charge >= 0.3 is 12.1 Å². The Hall–Kier alpha value is -2.31. The van der Waals surface area contributed by atoms with Gasteiger partial charge in [-0.15, -0.1) is 0 Å². The van der Waals surface area contributed by atoms with E-state index in [0.717, 1.165) is 6.07 Å². The minimum absolute atomic E-state index is 0.180. The van der Waals surface area contributed by atoms with Crippen LogP contribution in [0.25, 0.3) is 10.9 Å². The number of carbonyl (C=O) groups excluding carboxylic acids is 1. The van der Waals surface area contributed by atoms with Crippen LogP contribution >= 0.6 is 0 Å². The Morgan fingerprint density at radius 3 is 2.63 bits per heavy atom. The molecular formula is C12H9F3N2O2. The average molecular weight is 270 g/mol. The van der Waals surface area contributed by atoms with Crippen LogP contribution in [-0.4, -0.2) is 22.2 Å². The molecule has 0 aliphatic carbocycles. The number of hydrogen-bond donors (Lipinski definition) is 2. The number of rotatable bonds is 1. The van der Waals surface area contributed by atoms with Crippen molar-refractivity contribution in [3.63, 3.8) is 0 Å². The fourth-order valence-electron chi connectivity index (χ4n) is 1.61. The van der Waals surface area contributed by atoms with E-state index in [2.05, 4.69) is 4.98 Å². The monoisotopic (exact) mass is 270 g/mol. The van der Waals surface area contributed by atoms with Crippen molar-refractivity contribution in [2.75, 3.05) is 5.32 Å².